The maximum atomic E-state index is 5.89. The molecule has 0 spiro atoms. The van der Waals surface area contributed by atoms with Crippen molar-refractivity contribution in [1.29, 1.82) is 0 Å². The average molecular weight is 224 g/mol. The van der Waals surface area contributed by atoms with Crippen LogP contribution in [0.25, 0.3) is 17.0 Å². The SMILES string of the molecule is C=Cc1ccc2cc(Cl)c(Cl)cc2n1. The molecule has 0 aliphatic rings. The van der Waals surface area contributed by atoms with Gasteiger partial charge in [0.1, 0.15) is 0 Å². The average Bonchev–Trinajstić information content (AvgIpc) is 2.19. The summed E-state index contributed by atoms with van der Waals surface area (Å²) >= 11 is 11.8. The molecule has 0 aliphatic carbocycles. The lowest BCUT2D eigenvalue weighted by Crippen LogP contribution is -1.83. The van der Waals surface area contributed by atoms with Crippen LogP contribution in [-0.2, 0) is 0 Å². The Labute approximate surface area is 92.0 Å². The van der Waals surface area contributed by atoms with Crippen LogP contribution in [0.1, 0.15) is 5.69 Å². The minimum atomic E-state index is 0.521. The molecule has 0 aliphatic heterocycles. The number of benzene rings is 1. The Kier molecular flexibility index (Phi) is 2.44. The molecule has 2 rings (SSSR count). The zero-order valence-corrected chi connectivity index (χ0v) is 8.81. The van der Waals surface area contributed by atoms with Crippen molar-refractivity contribution in [2.24, 2.45) is 0 Å². The first-order valence-electron chi connectivity index (χ1n) is 4.09. The van der Waals surface area contributed by atoms with Crippen LogP contribution in [0.5, 0.6) is 0 Å². The van der Waals surface area contributed by atoms with Gasteiger partial charge in [-0.25, -0.2) is 4.98 Å². The van der Waals surface area contributed by atoms with Crippen molar-refractivity contribution in [2.75, 3.05) is 0 Å². The van der Waals surface area contributed by atoms with Gasteiger partial charge in [-0.3, -0.25) is 0 Å². The second-order valence-corrected chi connectivity index (χ2v) is 3.71. The second-order valence-electron chi connectivity index (χ2n) is 2.90. The molecule has 3 heteroatoms. The maximum Gasteiger partial charge on any atom is 0.0725 e. The predicted molar refractivity (Wildman–Crippen MR) is 61.9 cm³/mol. The highest BCUT2D eigenvalue weighted by Crippen LogP contribution is 2.26. The fraction of sp³-hybridized carbons (Fsp3) is 0. The molecule has 1 aromatic heterocycles. The number of halogens is 2. The van der Waals surface area contributed by atoms with E-state index in [9.17, 15) is 0 Å². The van der Waals surface area contributed by atoms with E-state index in [0.29, 0.717) is 10.0 Å². The van der Waals surface area contributed by atoms with E-state index in [1.54, 1.807) is 18.2 Å². The molecule has 0 bridgehead atoms. The van der Waals surface area contributed by atoms with Gasteiger partial charge in [0, 0.05) is 5.39 Å². The molecule has 0 unspecified atom stereocenters. The summed E-state index contributed by atoms with van der Waals surface area (Å²) in [5.74, 6) is 0. The van der Waals surface area contributed by atoms with Crippen LogP contribution >= 0.6 is 23.2 Å². The normalized spacial score (nSPS) is 10.4. The van der Waals surface area contributed by atoms with Gasteiger partial charge in [-0.15, -0.1) is 0 Å². The van der Waals surface area contributed by atoms with Crippen LogP contribution in [0.15, 0.2) is 30.8 Å². The fourth-order valence-electron chi connectivity index (χ4n) is 1.25. The fourth-order valence-corrected chi connectivity index (χ4v) is 1.58. The van der Waals surface area contributed by atoms with E-state index in [0.717, 1.165) is 16.6 Å². The van der Waals surface area contributed by atoms with Crippen LogP contribution in [0.4, 0.5) is 0 Å². The van der Waals surface area contributed by atoms with Gasteiger partial charge in [0.2, 0.25) is 0 Å². The van der Waals surface area contributed by atoms with Crippen molar-refractivity contribution in [1.82, 2.24) is 4.98 Å². The predicted octanol–water partition coefficient (Wildman–Crippen LogP) is 4.18. The van der Waals surface area contributed by atoms with Crippen LogP contribution in [0.2, 0.25) is 10.0 Å². The van der Waals surface area contributed by atoms with Gasteiger partial charge in [0.15, 0.2) is 0 Å². The summed E-state index contributed by atoms with van der Waals surface area (Å²) < 4.78 is 0. The molecule has 1 heterocycles. The number of rotatable bonds is 1. The molecule has 0 amide bonds. The summed E-state index contributed by atoms with van der Waals surface area (Å²) in [7, 11) is 0. The molecular weight excluding hydrogens is 217 g/mol. The zero-order valence-electron chi connectivity index (χ0n) is 7.30. The third-order valence-corrected chi connectivity index (χ3v) is 2.68. The Hall–Kier alpha value is -1.05. The number of aromatic nitrogens is 1. The lowest BCUT2D eigenvalue weighted by molar-refractivity contribution is 1.37. The summed E-state index contributed by atoms with van der Waals surface area (Å²) in [6.07, 6.45) is 1.70. The molecule has 70 valence electrons. The van der Waals surface area contributed by atoms with Gasteiger partial charge in [0.05, 0.1) is 21.3 Å². The summed E-state index contributed by atoms with van der Waals surface area (Å²) in [5.41, 5.74) is 1.66. The lowest BCUT2D eigenvalue weighted by atomic mass is 10.2. The van der Waals surface area contributed by atoms with E-state index >= 15 is 0 Å². The summed E-state index contributed by atoms with van der Waals surface area (Å²) in [5, 5.41) is 2.05. The Bertz CT molecular complexity index is 506. The molecule has 2 aromatic rings. The number of hydrogen-bond donors (Lipinski definition) is 0. The standard InChI is InChI=1S/C11H7Cl2N/c1-2-8-4-3-7-5-9(12)10(13)6-11(7)14-8/h2-6H,1H2. The maximum absolute atomic E-state index is 5.89. The molecule has 0 saturated heterocycles. The third kappa shape index (κ3) is 1.61. The van der Waals surface area contributed by atoms with Gasteiger partial charge in [-0.2, -0.15) is 0 Å². The number of hydrogen-bond acceptors (Lipinski definition) is 1. The van der Waals surface area contributed by atoms with Crippen LogP contribution in [-0.4, -0.2) is 4.98 Å². The molecule has 1 aromatic carbocycles. The van der Waals surface area contributed by atoms with E-state index in [1.165, 1.54) is 0 Å². The quantitative estimate of drug-likeness (QED) is 0.707. The Morgan fingerprint density at radius 3 is 2.57 bits per heavy atom. The highest BCUT2D eigenvalue weighted by Gasteiger charge is 2.01. The minimum Gasteiger partial charge on any atom is -0.248 e. The largest absolute Gasteiger partial charge is 0.248 e. The minimum absolute atomic E-state index is 0.521. The monoisotopic (exact) mass is 223 g/mol. The van der Waals surface area contributed by atoms with Crippen LogP contribution < -0.4 is 0 Å². The molecular formula is C11H7Cl2N. The Balaban J connectivity index is 2.76. The Morgan fingerprint density at radius 1 is 1.14 bits per heavy atom. The number of nitrogens with zero attached hydrogens (tertiary/aromatic N) is 1. The van der Waals surface area contributed by atoms with E-state index < -0.39 is 0 Å². The van der Waals surface area contributed by atoms with Crippen molar-refractivity contribution in [2.45, 2.75) is 0 Å². The van der Waals surface area contributed by atoms with Crippen LogP contribution in [0.3, 0.4) is 0 Å². The first kappa shape index (κ1) is 9.50. The van der Waals surface area contributed by atoms with E-state index in [2.05, 4.69) is 11.6 Å². The third-order valence-electron chi connectivity index (χ3n) is 1.96. The van der Waals surface area contributed by atoms with E-state index in [1.807, 2.05) is 12.1 Å². The first-order valence-corrected chi connectivity index (χ1v) is 4.84. The van der Waals surface area contributed by atoms with Crippen molar-refractivity contribution in [3.63, 3.8) is 0 Å². The zero-order chi connectivity index (χ0) is 10.1. The second kappa shape index (κ2) is 3.60. The van der Waals surface area contributed by atoms with Gasteiger partial charge in [-0.1, -0.05) is 35.8 Å². The highest BCUT2D eigenvalue weighted by atomic mass is 35.5. The number of pyridine rings is 1. The highest BCUT2D eigenvalue weighted by molar-refractivity contribution is 6.42. The molecule has 1 nitrogen and oxygen atoms in total. The van der Waals surface area contributed by atoms with Crippen molar-refractivity contribution >= 4 is 40.2 Å². The summed E-state index contributed by atoms with van der Waals surface area (Å²) in [4.78, 5) is 4.33. The molecule has 0 N–H and O–H groups in total. The molecule has 0 saturated carbocycles. The summed E-state index contributed by atoms with van der Waals surface area (Å²) in [6.45, 7) is 3.66. The van der Waals surface area contributed by atoms with E-state index in [-0.39, 0.29) is 0 Å². The Morgan fingerprint density at radius 2 is 1.86 bits per heavy atom. The van der Waals surface area contributed by atoms with Crippen molar-refractivity contribution in [3.05, 3.63) is 46.6 Å². The lowest BCUT2D eigenvalue weighted by Gasteiger charge is -2.01. The smallest absolute Gasteiger partial charge is 0.0725 e. The molecule has 0 radical (unpaired) electrons. The number of fused-ring (bicyclic) bond motifs is 1. The molecule has 0 fully saturated rings. The van der Waals surface area contributed by atoms with E-state index in [4.69, 9.17) is 23.2 Å². The van der Waals surface area contributed by atoms with Gasteiger partial charge >= 0.3 is 0 Å². The first-order chi connectivity index (χ1) is 6.70. The van der Waals surface area contributed by atoms with Gasteiger partial charge in [-0.05, 0) is 24.3 Å². The van der Waals surface area contributed by atoms with Crippen molar-refractivity contribution in [3.8, 4) is 0 Å². The summed E-state index contributed by atoms with van der Waals surface area (Å²) in [6, 6.07) is 7.40. The van der Waals surface area contributed by atoms with Crippen molar-refractivity contribution < 1.29 is 0 Å². The molecule has 14 heavy (non-hydrogen) atoms. The van der Waals surface area contributed by atoms with Crippen LogP contribution in [0, 0.1) is 0 Å². The van der Waals surface area contributed by atoms with Gasteiger partial charge < -0.3 is 0 Å². The topological polar surface area (TPSA) is 12.9 Å². The molecule has 0 atom stereocenters. The van der Waals surface area contributed by atoms with Gasteiger partial charge in [0.25, 0.3) is 0 Å².